The van der Waals surface area contributed by atoms with Crippen LogP contribution >= 0.6 is 0 Å². The Morgan fingerprint density at radius 1 is 1.07 bits per heavy atom. The molecule has 0 unspecified atom stereocenters. The Morgan fingerprint density at radius 2 is 1.79 bits per heavy atom. The second-order valence-electron chi connectivity index (χ2n) is 7.23. The summed E-state index contributed by atoms with van der Waals surface area (Å²) in [5, 5.41) is 6.91. The number of anilines is 1. The van der Waals surface area contributed by atoms with Crippen LogP contribution in [0.4, 0.5) is 14.9 Å². The van der Waals surface area contributed by atoms with Crippen LogP contribution in [-0.4, -0.2) is 27.1 Å². The molecular weight excluding hydrogens is 371 g/mol. The van der Waals surface area contributed by atoms with Gasteiger partial charge in [0, 0.05) is 17.3 Å². The van der Waals surface area contributed by atoms with E-state index >= 15 is 0 Å². The second-order valence-corrected chi connectivity index (χ2v) is 7.23. The van der Waals surface area contributed by atoms with E-state index in [1.807, 2.05) is 30.3 Å². The maximum atomic E-state index is 13.2. The van der Waals surface area contributed by atoms with Crippen LogP contribution in [0.25, 0.3) is 11.4 Å². The van der Waals surface area contributed by atoms with E-state index in [0.717, 1.165) is 31.2 Å². The summed E-state index contributed by atoms with van der Waals surface area (Å²) in [6.07, 6.45) is 5.24. The van der Waals surface area contributed by atoms with Gasteiger partial charge in [0.2, 0.25) is 11.7 Å². The molecule has 4 rings (SSSR count). The van der Waals surface area contributed by atoms with Crippen molar-refractivity contribution in [2.24, 2.45) is 0 Å². The molecule has 1 aromatic heterocycles. The summed E-state index contributed by atoms with van der Waals surface area (Å²) in [4.78, 5) is 19.2. The zero-order valence-electron chi connectivity index (χ0n) is 16.1. The van der Waals surface area contributed by atoms with E-state index in [1.54, 1.807) is 17.0 Å². The number of amides is 2. The predicted molar refractivity (Wildman–Crippen MR) is 108 cm³/mol. The highest BCUT2D eigenvalue weighted by Gasteiger charge is 2.27. The van der Waals surface area contributed by atoms with Crippen molar-refractivity contribution in [3.05, 3.63) is 66.3 Å². The van der Waals surface area contributed by atoms with Crippen molar-refractivity contribution in [3.8, 4) is 11.4 Å². The van der Waals surface area contributed by atoms with Gasteiger partial charge in [-0.3, -0.25) is 0 Å². The van der Waals surface area contributed by atoms with Gasteiger partial charge in [0.05, 0.1) is 0 Å². The topological polar surface area (TPSA) is 71.3 Å². The summed E-state index contributed by atoms with van der Waals surface area (Å²) in [7, 11) is 0. The van der Waals surface area contributed by atoms with Crippen LogP contribution in [0, 0.1) is 5.82 Å². The fraction of sp³-hybridized carbons (Fsp3) is 0.318. The first-order valence-corrected chi connectivity index (χ1v) is 9.90. The number of hydrogen-bond acceptors (Lipinski definition) is 4. The van der Waals surface area contributed by atoms with Crippen molar-refractivity contribution >= 4 is 11.7 Å². The Balaban J connectivity index is 1.52. The van der Waals surface area contributed by atoms with Crippen LogP contribution in [0.2, 0.25) is 0 Å². The standard InChI is InChI=1S/C22H23FN4O2/c23-17-11-13-18(14-12-17)24-22(28)27(19-9-5-2-6-10-19)15-20-25-21(26-29-20)16-7-3-1-4-8-16/h1,3-4,7-8,11-14,19H,2,5-6,9-10,15H2,(H,24,28). The SMILES string of the molecule is O=C(Nc1ccc(F)cc1)N(Cc1nc(-c2ccccc2)no1)C1CCCCC1. The van der Waals surface area contributed by atoms with E-state index in [0.29, 0.717) is 17.4 Å². The normalized spacial score (nSPS) is 14.5. The second kappa shape index (κ2) is 8.86. The maximum absolute atomic E-state index is 13.2. The van der Waals surface area contributed by atoms with Gasteiger partial charge in [0.15, 0.2) is 0 Å². The Morgan fingerprint density at radius 3 is 2.52 bits per heavy atom. The van der Waals surface area contributed by atoms with Crippen molar-refractivity contribution < 1.29 is 13.7 Å². The third-order valence-electron chi connectivity index (χ3n) is 5.18. The Bertz CT molecular complexity index is 937. The number of nitrogens with zero attached hydrogens (tertiary/aromatic N) is 3. The van der Waals surface area contributed by atoms with Gasteiger partial charge in [-0.1, -0.05) is 54.8 Å². The van der Waals surface area contributed by atoms with Gasteiger partial charge in [0.1, 0.15) is 12.4 Å². The van der Waals surface area contributed by atoms with E-state index in [4.69, 9.17) is 4.52 Å². The minimum absolute atomic E-state index is 0.108. The number of hydrogen-bond donors (Lipinski definition) is 1. The molecule has 0 spiro atoms. The number of rotatable bonds is 5. The minimum Gasteiger partial charge on any atom is -0.337 e. The zero-order chi connectivity index (χ0) is 20.1. The first-order valence-electron chi connectivity index (χ1n) is 9.90. The van der Waals surface area contributed by atoms with Crippen LogP contribution in [-0.2, 0) is 6.54 Å². The molecule has 0 radical (unpaired) electrons. The highest BCUT2D eigenvalue weighted by molar-refractivity contribution is 5.89. The number of halogens is 1. The lowest BCUT2D eigenvalue weighted by molar-refractivity contribution is 0.151. The van der Waals surface area contributed by atoms with Gasteiger partial charge in [-0.25, -0.2) is 9.18 Å². The third-order valence-corrected chi connectivity index (χ3v) is 5.18. The fourth-order valence-electron chi connectivity index (χ4n) is 3.66. The van der Waals surface area contributed by atoms with Crippen molar-refractivity contribution in [1.29, 1.82) is 0 Å². The molecule has 1 aliphatic rings. The number of nitrogens with one attached hydrogen (secondary N) is 1. The average molecular weight is 394 g/mol. The molecule has 0 atom stereocenters. The molecule has 1 N–H and O–H groups in total. The summed E-state index contributed by atoms with van der Waals surface area (Å²) in [6, 6.07) is 15.2. The first kappa shape index (κ1) is 19.1. The van der Waals surface area contributed by atoms with Crippen molar-refractivity contribution in [1.82, 2.24) is 15.0 Å². The molecule has 29 heavy (non-hydrogen) atoms. The lowest BCUT2D eigenvalue weighted by Crippen LogP contribution is -2.43. The minimum atomic E-state index is -0.341. The zero-order valence-corrected chi connectivity index (χ0v) is 16.1. The molecule has 1 saturated carbocycles. The Labute approximate surface area is 168 Å². The molecule has 1 fully saturated rings. The van der Waals surface area contributed by atoms with E-state index in [2.05, 4.69) is 15.5 Å². The summed E-state index contributed by atoms with van der Waals surface area (Å²) < 4.78 is 18.6. The molecule has 2 aromatic carbocycles. The highest BCUT2D eigenvalue weighted by Crippen LogP contribution is 2.25. The van der Waals surface area contributed by atoms with Crippen molar-refractivity contribution in [3.63, 3.8) is 0 Å². The largest absolute Gasteiger partial charge is 0.337 e. The molecule has 0 saturated heterocycles. The number of carbonyl (C=O) groups excluding carboxylic acids is 1. The molecule has 3 aromatic rings. The summed E-state index contributed by atoms with van der Waals surface area (Å²) >= 11 is 0. The maximum Gasteiger partial charge on any atom is 0.322 e. The number of carbonyl (C=O) groups is 1. The van der Waals surface area contributed by atoms with E-state index in [-0.39, 0.29) is 24.4 Å². The lowest BCUT2D eigenvalue weighted by Gasteiger charge is -2.33. The number of benzene rings is 2. The monoisotopic (exact) mass is 394 g/mol. The average Bonchev–Trinajstić information content (AvgIpc) is 3.24. The van der Waals surface area contributed by atoms with Crippen LogP contribution in [0.15, 0.2) is 59.1 Å². The van der Waals surface area contributed by atoms with E-state index in [9.17, 15) is 9.18 Å². The molecule has 0 bridgehead atoms. The molecular formula is C22H23FN4O2. The van der Waals surface area contributed by atoms with Crippen LogP contribution in [0.1, 0.15) is 38.0 Å². The van der Waals surface area contributed by atoms with Crippen LogP contribution in [0.3, 0.4) is 0 Å². The summed E-state index contributed by atoms with van der Waals surface area (Å²) in [5.41, 5.74) is 1.41. The smallest absolute Gasteiger partial charge is 0.322 e. The van der Waals surface area contributed by atoms with E-state index in [1.165, 1.54) is 18.6 Å². The molecule has 0 aliphatic heterocycles. The van der Waals surface area contributed by atoms with E-state index < -0.39 is 0 Å². The quantitative estimate of drug-likeness (QED) is 0.642. The Kier molecular flexibility index (Phi) is 5.84. The van der Waals surface area contributed by atoms with Crippen molar-refractivity contribution in [2.45, 2.75) is 44.7 Å². The van der Waals surface area contributed by atoms with Crippen LogP contribution < -0.4 is 5.32 Å². The molecule has 150 valence electrons. The fourth-order valence-corrected chi connectivity index (χ4v) is 3.66. The Hall–Kier alpha value is -3.22. The van der Waals surface area contributed by atoms with Crippen molar-refractivity contribution in [2.75, 3.05) is 5.32 Å². The van der Waals surface area contributed by atoms with Gasteiger partial charge >= 0.3 is 6.03 Å². The highest BCUT2D eigenvalue weighted by atomic mass is 19.1. The van der Waals surface area contributed by atoms with Gasteiger partial charge < -0.3 is 14.7 Å². The van der Waals surface area contributed by atoms with Gasteiger partial charge in [0.25, 0.3) is 0 Å². The first-order chi connectivity index (χ1) is 14.2. The van der Waals surface area contributed by atoms with Gasteiger partial charge in [-0.15, -0.1) is 0 Å². The molecule has 6 nitrogen and oxygen atoms in total. The van der Waals surface area contributed by atoms with Crippen LogP contribution in [0.5, 0.6) is 0 Å². The molecule has 2 amide bonds. The predicted octanol–water partition coefficient (Wildman–Crippen LogP) is 5.24. The number of aromatic nitrogens is 2. The molecule has 1 aliphatic carbocycles. The third kappa shape index (κ3) is 4.80. The number of urea groups is 1. The van der Waals surface area contributed by atoms with Gasteiger partial charge in [-0.2, -0.15) is 4.98 Å². The van der Waals surface area contributed by atoms with Gasteiger partial charge in [-0.05, 0) is 37.1 Å². The summed E-state index contributed by atoms with van der Waals surface area (Å²) in [5.74, 6) is 0.554. The molecule has 7 heteroatoms. The lowest BCUT2D eigenvalue weighted by atomic mass is 9.94. The summed E-state index contributed by atoms with van der Waals surface area (Å²) in [6.45, 7) is 0.234. The molecule has 1 heterocycles.